The summed E-state index contributed by atoms with van der Waals surface area (Å²) in [7, 11) is 0. The van der Waals surface area contributed by atoms with Crippen molar-refractivity contribution in [3.63, 3.8) is 0 Å². The van der Waals surface area contributed by atoms with Crippen LogP contribution in [-0.4, -0.2) is 35.9 Å². The van der Waals surface area contributed by atoms with Gasteiger partial charge in [0.15, 0.2) is 0 Å². The third-order valence-corrected chi connectivity index (χ3v) is 4.70. The van der Waals surface area contributed by atoms with Crippen LogP contribution in [0.2, 0.25) is 0 Å². The summed E-state index contributed by atoms with van der Waals surface area (Å²) >= 11 is 1.51. The maximum Gasteiger partial charge on any atom is 0.252 e. The Morgan fingerprint density at radius 2 is 2.09 bits per heavy atom. The number of pyridine rings is 1. The van der Waals surface area contributed by atoms with Crippen LogP contribution in [0.1, 0.15) is 33.6 Å². The number of carbonyl (C=O) groups is 2. The van der Waals surface area contributed by atoms with E-state index >= 15 is 0 Å². The summed E-state index contributed by atoms with van der Waals surface area (Å²) in [5, 5.41) is 6.81. The molecule has 1 fully saturated rings. The van der Waals surface area contributed by atoms with Gasteiger partial charge in [-0.05, 0) is 30.4 Å². The lowest BCUT2D eigenvalue weighted by Crippen LogP contribution is -2.45. The highest BCUT2D eigenvalue weighted by Gasteiger charge is 2.23. The number of rotatable bonds is 4. The zero-order valence-electron chi connectivity index (χ0n) is 12.6. The molecule has 23 heavy (non-hydrogen) atoms. The number of hydrogen-bond acceptors (Lipinski definition) is 5. The molecule has 0 radical (unpaired) electrons. The highest BCUT2D eigenvalue weighted by Crippen LogP contribution is 2.23. The monoisotopic (exact) mass is 330 g/mol. The second kappa shape index (κ2) is 6.78. The van der Waals surface area contributed by atoms with Gasteiger partial charge in [0, 0.05) is 42.5 Å². The molecule has 3 heterocycles. The molecule has 3 rings (SSSR count). The van der Waals surface area contributed by atoms with Gasteiger partial charge < -0.3 is 16.0 Å². The van der Waals surface area contributed by atoms with Gasteiger partial charge in [-0.25, -0.2) is 0 Å². The summed E-state index contributed by atoms with van der Waals surface area (Å²) in [6.45, 7) is 1.53. The van der Waals surface area contributed by atoms with Crippen LogP contribution in [0.4, 0.5) is 5.69 Å². The van der Waals surface area contributed by atoms with Crippen LogP contribution in [0.3, 0.4) is 0 Å². The number of amides is 2. The quantitative estimate of drug-likeness (QED) is 0.892. The Balaban J connectivity index is 1.61. The van der Waals surface area contributed by atoms with Gasteiger partial charge in [0.25, 0.3) is 11.8 Å². The largest absolute Gasteiger partial charge is 0.371 e. The number of nitrogens with zero attached hydrogens (tertiary/aromatic N) is 2. The minimum atomic E-state index is -0.471. The van der Waals surface area contributed by atoms with Gasteiger partial charge in [0.2, 0.25) is 0 Å². The Bertz CT molecular complexity index is 694. The molecule has 3 N–H and O–H groups in total. The van der Waals surface area contributed by atoms with Crippen molar-refractivity contribution < 1.29 is 9.59 Å². The van der Waals surface area contributed by atoms with Crippen LogP contribution in [0, 0.1) is 0 Å². The number of nitrogens with one attached hydrogen (secondary N) is 1. The molecule has 2 aromatic heterocycles. The first kappa shape index (κ1) is 15.5. The normalized spacial score (nSPS) is 15.4. The standard InChI is InChI=1S/C16H18N4O2S/c17-15(21)13-9-18-5-1-14(13)20-6-2-12(3-7-20)19-16(22)11-4-8-23-10-11/h1,4-5,8-10,12H,2-3,6-7H2,(H2,17,21)(H,19,22). The Morgan fingerprint density at radius 1 is 1.30 bits per heavy atom. The number of hydrogen-bond donors (Lipinski definition) is 2. The number of aromatic nitrogens is 1. The molecular formula is C16H18N4O2S. The van der Waals surface area contributed by atoms with E-state index in [2.05, 4.69) is 15.2 Å². The third kappa shape index (κ3) is 3.50. The van der Waals surface area contributed by atoms with Crippen molar-refractivity contribution in [1.82, 2.24) is 10.3 Å². The summed E-state index contributed by atoms with van der Waals surface area (Å²) in [6.07, 6.45) is 4.82. The van der Waals surface area contributed by atoms with Crippen LogP contribution < -0.4 is 16.0 Å². The van der Waals surface area contributed by atoms with Gasteiger partial charge in [-0.3, -0.25) is 14.6 Å². The Hall–Kier alpha value is -2.41. The van der Waals surface area contributed by atoms with Crippen LogP contribution in [0.25, 0.3) is 0 Å². The molecule has 2 amide bonds. The van der Waals surface area contributed by atoms with Crippen molar-refractivity contribution in [2.24, 2.45) is 5.73 Å². The summed E-state index contributed by atoms with van der Waals surface area (Å²) in [5.41, 5.74) is 7.37. The fourth-order valence-corrected chi connectivity index (χ4v) is 3.42. The van der Waals surface area contributed by atoms with E-state index in [1.54, 1.807) is 6.20 Å². The number of piperidine rings is 1. The van der Waals surface area contributed by atoms with Gasteiger partial charge in [0.05, 0.1) is 11.3 Å². The first-order valence-corrected chi connectivity index (χ1v) is 8.41. The fraction of sp³-hybridized carbons (Fsp3) is 0.312. The van der Waals surface area contributed by atoms with E-state index in [1.807, 2.05) is 22.9 Å². The van der Waals surface area contributed by atoms with E-state index in [0.29, 0.717) is 11.1 Å². The Morgan fingerprint density at radius 3 is 2.74 bits per heavy atom. The second-order valence-electron chi connectivity index (χ2n) is 5.50. The number of primary amides is 1. The molecule has 2 aromatic rings. The average molecular weight is 330 g/mol. The number of carbonyl (C=O) groups excluding carboxylic acids is 2. The summed E-state index contributed by atoms with van der Waals surface area (Å²) in [6, 6.07) is 3.78. The minimum Gasteiger partial charge on any atom is -0.371 e. The topological polar surface area (TPSA) is 88.3 Å². The molecule has 1 aliphatic heterocycles. The van der Waals surface area contributed by atoms with Gasteiger partial charge in [-0.15, -0.1) is 0 Å². The van der Waals surface area contributed by atoms with Crippen LogP contribution in [0.15, 0.2) is 35.3 Å². The molecule has 0 atom stereocenters. The average Bonchev–Trinajstić information content (AvgIpc) is 3.10. The molecule has 7 heteroatoms. The maximum atomic E-state index is 12.1. The first-order valence-electron chi connectivity index (χ1n) is 7.47. The predicted molar refractivity (Wildman–Crippen MR) is 89.8 cm³/mol. The molecule has 0 spiro atoms. The van der Waals surface area contributed by atoms with Crippen molar-refractivity contribution in [2.45, 2.75) is 18.9 Å². The lowest BCUT2D eigenvalue weighted by atomic mass is 10.0. The molecule has 6 nitrogen and oxygen atoms in total. The number of anilines is 1. The van der Waals surface area contributed by atoms with E-state index in [-0.39, 0.29) is 11.9 Å². The number of nitrogens with two attached hydrogens (primary N) is 1. The van der Waals surface area contributed by atoms with E-state index in [9.17, 15) is 9.59 Å². The van der Waals surface area contributed by atoms with Crippen molar-refractivity contribution in [3.05, 3.63) is 46.4 Å². The summed E-state index contributed by atoms with van der Waals surface area (Å²) < 4.78 is 0. The van der Waals surface area contributed by atoms with E-state index in [4.69, 9.17) is 5.73 Å². The molecule has 0 aliphatic carbocycles. The molecule has 0 unspecified atom stereocenters. The van der Waals surface area contributed by atoms with Crippen LogP contribution in [-0.2, 0) is 0 Å². The lowest BCUT2D eigenvalue weighted by Gasteiger charge is -2.34. The first-order chi connectivity index (χ1) is 11.1. The smallest absolute Gasteiger partial charge is 0.252 e. The lowest BCUT2D eigenvalue weighted by molar-refractivity contribution is 0.0931. The van der Waals surface area contributed by atoms with Crippen molar-refractivity contribution in [1.29, 1.82) is 0 Å². The molecule has 0 saturated carbocycles. The predicted octanol–water partition coefficient (Wildman–Crippen LogP) is 1.64. The van der Waals surface area contributed by atoms with Crippen molar-refractivity contribution in [3.8, 4) is 0 Å². The summed E-state index contributed by atoms with van der Waals surface area (Å²) in [4.78, 5) is 29.7. The van der Waals surface area contributed by atoms with E-state index in [0.717, 1.165) is 31.6 Å². The van der Waals surface area contributed by atoms with Crippen molar-refractivity contribution in [2.75, 3.05) is 18.0 Å². The molecule has 0 aromatic carbocycles. The van der Waals surface area contributed by atoms with E-state index in [1.165, 1.54) is 17.5 Å². The Kier molecular flexibility index (Phi) is 4.57. The zero-order chi connectivity index (χ0) is 16.2. The van der Waals surface area contributed by atoms with Gasteiger partial charge in [-0.1, -0.05) is 0 Å². The SMILES string of the molecule is NC(=O)c1cnccc1N1CCC(NC(=O)c2ccsc2)CC1. The van der Waals surface area contributed by atoms with Crippen molar-refractivity contribution >= 4 is 28.8 Å². The molecule has 0 bridgehead atoms. The molecule has 120 valence electrons. The fourth-order valence-electron chi connectivity index (χ4n) is 2.78. The summed E-state index contributed by atoms with van der Waals surface area (Å²) in [5.74, 6) is -0.493. The zero-order valence-corrected chi connectivity index (χ0v) is 13.4. The van der Waals surface area contributed by atoms with E-state index < -0.39 is 5.91 Å². The molecule has 1 aliphatic rings. The maximum absolute atomic E-state index is 12.1. The second-order valence-corrected chi connectivity index (χ2v) is 6.28. The van der Waals surface area contributed by atoms with Crippen LogP contribution in [0.5, 0.6) is 0 Å². The van der Waals surface area contributed by atoms with Gasteiger partial charge in [0.1, 0.15) is 0 Å². The van der Waals surface area contributed by atoms with Crippen LogP contribution >= 0.6 is 11.3 Å². The highest BCUT2D eigenvalue weighted by atomic mass is 32.1. The number of thiophene rings is 1. The van der Waals surface area contributed by atoms with Gasteiger partial charge >= 0.3 is 0 Å². The Labute approximate surface area is 138 Å². The minimum absolute atomic E-state index is 0.0218. The molecule has 1 saturated heterocycles. The molecular weight excluding hydrogens is 312 g/mol. The third-order valence-electron chi connectivity index (χ3n) is 4.02. The van der Waals surface area contributed by atoms with Gasteiger partial charge in [-0.2, -0.15) is 11.3 Å². The highest BCUT2D eigenvalue weighted by molar-refractivity contribution is 7.08.